The first kappa shape index (κ1) is 18.8. The lowest BCUT2D eigenvalue weighted by Gasteiger charge is -2.35. The molecule has 3 rings (SSSR count). The van der Waals surface area contributed by atoms with E-state index in [0.29, 0.717) is 12.3 Å². The van der Waals surface area contributed by atoms with Crippen molar-refractivity contribution < 1.29 is 19.0 Å². The Bertz CT molecular complexity index is 859. The van der Waals surface area contributed by atoms with Gasteiger partial charge in [-0.05, 0) is 60.4 Å². The van der Waals surface area contributed by atoms with Crippen molar-refractivity contribution in [3.05, 3.63) is 59.2 Å². The Balaban J connectivity index is 1.80. The van der Waals surface area contributed by atoms with Crippen LogP contribution >= 0.6 is 0 Å². The molecule has 2 aromatic rings. The second-order valence-corrected chi connectivity index (χ2v) is 6.47. The van der Waals surface area contributed by atoms with Gasteiger partial charge in [0.05, 0.1) is 27.4 Å². The Morgan fingerprint density at radius 1 is 1.07 bits per heavy atom. The summed E-state index contributed by atoms with van der Waals surface area (Å²) in [5.41, 5.74) is 3.22. The van der Waals surface area contributed by atoms with Gasteiger partial charge in [0.2, 0.25) is 5.91 Å². The molecule has 1 heterocycles. The highest BCUT2D eigenvalue weighted by Gasteiger charge is 2.28. The molecule has 0 aliphatic carbocycles. The van der Waals surface area contributed by atoms with E-state index in [9.17, 15) is 4.79 Å². The molecule has 0 saturated carbocycles. The molecular formula is C22H25NO4. The zero-order valence-corrected chi connectivity index (χ0v) is 16.2. The molecule has 0 saturated heterocycles. The van der Waals surface area contributed by atoms with E-state index in [1.54, 1.807) is 27.4 Å². The number of hydrogen-bond donors (Lipinski definition) is 0. The van der Waals surface area contributed by atoms with E-state index < -0.39 is 0 Å². The van der Waals surface area contributed by atoms with Crippen molar-refractivity contribution in [1.82, 2.24) is 4.90 Å². The van der Waals surface area contributed by atoms with Crippen LogP contribution in [0.15, 0.2) is 42.5 Å². The minimum Gasteiger partial charge on any atom is -0.497 e. The number of methoxy groups -OCH3 is 3. The van der Waals surface area contributed by atoms with Crippen LogP contribution < -0.4 is 14.2 Å². The summed E-state index contributed by atoms with van der Waals surface area (Å²) >= 11 is 0. The summed E-state index contributed by atoms with van der Waals surface area (Å²) in [7, 11) is 4.89. The van der Waals surface area contributed by atoms with Crippen molar-refractivity contribution in [2.24, 2.45) is 0 Å². The Hall–Kier alpha value is -2.95. The predicted octanol–water partition coefficient (Wildman–Crippen LogP) is 3.87. The SMILES string of the molecule is COc1cccc(/C=C/C(=O)N2CCc3cc(OC)c(OC)cc3C2C)c1. The summed E-state index contributed by atoms with van der Waals surface area (Å²) in [6.45, 7) is 2.71. The number of hydrogen-bond acceptors (Lipinski definition) is 4. The molecule has 5 nitrogen and oxygen atoms in total. The van der Waals surface area contributed by atoms with Crippen LogP contribution in [0.25, 0.3) is 6.08 Å². The Morgan fingerprint density at radius 2 is 1.81 bits per heavy atom. The van der Waals surface area contributed by atoms with Gasteiger partial charge in [-0.25, -0.2) is 0 Å². The van der Waals surface area contributed by atoms with E-state index in [1.165, 1.54) is 5.56 Å². The zero-order chi connectivity index (χ0) is 19.4. The Kier molecular flexibility index (Phi) is 5.69. The first-order chi connectivity index (χ1) is 13.1. The van der Waals surface area contributed by atoms with Gasteiger partial charge in [-0.2, -0.15) is 0 Å². The minimum atomic E-state index is -0.0315. The molecule has 1 atom stereocenters. The van der Waals surface area contributed by atoms with Crippen LogP contribution in [-0.2, 0) is 11.2 Å². The minimum absolute atomic E-state index is 0.00856. The van der Waals surface area contributed by atoms with Crippen molar-refractivity contribution in [3.8, 4) is 17.2 Å². The zero-order valence-electron chi connectivity index (χ0n) is 16.2. The molecule has 142 valence electrons. The van der Waals surface area contributed by atoms with Crippen LogP contribution in [0.5, 0.6) is 17.2 Å². The van der Waals surface area contributed by atoms with Gasteiger partial charge in [0.25, 0.3) is 0 Å². The topological polar surface area (TPSA) is 48.0 Å². The molecule has 1 aliphatic heterocycles. The molecule has 1 amide bonds. The van der Waals surface area contributed by atoms with Crippen LogP contribution in [0.1, 0.15) is 29.7 Å². The highest BCUT2D eigenvalue weighted by Crippen LogP contribution is 2.37. The molecule has 0 radical (unpaired) electrons. The van der Waals surface area contributed by atoms with Crippen molar-refractivity contribution in [3.63, 3.8) is 0 Å². The summed E-state index contributed by atoms with van der Waals surface area (Å²) in [6, 6.07) is 11.6. The van der Waals surface area contributed by atoms with E-state index in [1.807, 2.05) is 54.3 Å². The predicted molar refractivity (Wildman–Crippen MR) is 105 cm³/mol. The van der Waals surface area contributed by atoms with Gasteiger partial charge < -0.3 is 19.1 Å². The second-order valence-electron chi connectivity index (χ2n) is 6.47. The fraction of sp³-hybridized carbons (Fsp3) is 0.318. The lowest BCUT2D eigenvalue weighted by molar-refractivity contribution is -0.128. The molecule has 1 unspecified atom stereocenters. The Labute approximate surface area is 160 Å². The van der Waals surface area contributed by atoms with Gasteiger partial charge in [-0.1, -0.05) is 12.1 Å². The summed E-state index contributed by atoms with van der Waals surface area (Å²) in [4.78, 5) is 14.7. The fourth-order valence-electron chi connectivity index (χ4n) is 3.45. The van der Waals surface area contributed by atoms with Gasteiger partial charge >= 0.3 is 0 Å². The third-order valence-corrected chi connectivity index (χ3v) is 4.98. The molecule has 2 aromatic carbocycles. The quantitative estimate of drug-likeness (QED) is 0.753. The van der Waals surface area contributed by atoms with E-state index in [-0.39, 0.29) is 11.9 Å². The monoisotopic (exact) mass is 367 g/mol. The van der Waals surface area contributed by atoms with E-state index in [0.717, 1.165) is 29.0 Å². The third-order valence-electron chi connectivity index (χ3n) is 4.98. The number of amides is 1. The third kappa shape index (κ3) is 3.92. The van der Waals surface area contributed by atoms with Crippen molar-refractivity contribution in [2.45, 2.75) is 19.4 Å². The maximum absolute atomic E-state index is 12.8. The summed E-state index contributed by atoms with van der Waals surface area (Å²) < 4.78 is 16.0. The second kappa shape index (κ2) is 8.16. The molecule has 0 fully saturated rings. The number of carbonyl (C=O) groups excluding carboxylic acids is 1. The number of nitrogens with zero attached hydrogens (tertiary/aromatic N) is 1. The van der Waals surface area contributed by atoms with Crippen LogP contribution in [0, 0.1) is 0 Å². The van der Waals surface area contributed by atoms with Crippen molar-refractivity contribution in [1.29, 1.82) is 0 Å². The molecule has 5 heteroatoms. The van der Waals surface area contributed by atoms with Crippen LogP contribution in [0.3, 0.4) is 0 Å². The molecule has 0 aromatic heterocycles. The smallest absolute Gasteiger partial charge is 0.247 e. The summed E-state index contributed by atoms with van der Waals surface area (Å²) in [6.07, 6.45) is 4.23. The lowest BCUT2D eigenvalue weighted by Crippen LogP contribution is -2.37. The molecule has 27 heavy (non-hydrogen) atoms. The summed E-state index contributed by atoms with van der Waals surface area (Å²) in [5.74, 6) is 2.17. The summed E-state index contributed by atoms with van der Waals surface area (Å²) in [5, 5.41) is 0. The number of fused-ring (bicyclic) bond motifs is 1. The maximum Gasteiger partial charge on any atom is 0.247 e. The van der Waals surface area contributed by atoms with Gasteiger partial charge in [-0.15, -0.1) is 0 Å². The van der Waals surface area contributed by atoms with E-state index in [4.69, 9.17) is 14.2 Å². The van der Waals surface area contributed by atoms with Gasteiger partial charge in [0.15, 0.2) is 11.5 Å². The average molecular weight is 367 g/mol. The molecule has 0 spiro atoms. The highest BCUT2D eigenvalue weighted by molar-refractivity contribution is 5.92. The van der Waals surface area contributed by atoms with E-state index >= 15 is 0 Å². The van der Waals surface area contributed by atoms with Crippen LogP contribution in [0.2, 0.25) is 0 Å². The maximum atomic E-state index is 12.8. The van der Waals surface area contributed by atoms with Gasteiger partial charge in [0.1, 0.15) is 5.75 Å². The number of ether oxygens (including phenoxy) is 3. The molecule has 1 aliphatic rings. The molecular weight excluding hydrogens is 342 g/mol. The Morgan fingerprint density at radius 3 is 2.52 bits per heavy atom. The normalized spacial score (nSPS) is 16.1. The number of benzene rings is 2. The number of rotatable bonds is 5. The highest BCUT2D eigenvalue weighted by atomic mass is 16.5. The van der Waals surface area contributed by atoms with Gasteiger partial charge in [-0.3, -0.25) is 4.79 Å². The van der Waals surface area contributed by atoms with Crippen molar-refractivity contribution >= 4 is 12.0 Å². The fourth-order valence-corrected chi connectivity index (χ4v) is 3.45. The van der Waals surface area contributed by atoms with E-state index in [2.05, 4.69) is 0 Å². The average Bonchev–Trinajstić information content (AvgIpc) is 2.71. The number of carbonyl (C=O) groups is 1. The molecule has 0 N–H and O–H groups in total. The molecule has 0 bridgehead atoms. The largest absolute Gasteiger partial charge is 0.497 e. The standard InChI is InChI=1S/C22H25NO4/c1-15-19-14-21(27-4)20(26-3)13-17(19)10-11-23(15)22(24)9-8-16-6-5-7-18(12-16)25-2/h5-9,12-15H,10-11H2,1-4H3/b9-8+. The van der Waals surface area contributed by atoms with Crippen molar-refractivity contribution in [2.75, 3.05) is 27.9 Å². The lowest BCUT2D eigenvalue weighted by atomic mass is 9.92. The van der Waals surface area contributed by atoms with Crippen LogP contribution in [-0.4, -0.2) is 38.7 Å². The van der Waals surface area contributed by atoms with Crippen LogP contribution in [0.4, 0.5) is 0 Å². The van der Waals surface area contributed by atoms with Gasteiger partial charge in [0, 0.05) is 12.6 Å². The first-order valence-corrected chi connectivity index (χ1v) is 8.95. The first-order valence-electron chi connectivity index (χ1n) is 8.95.